The highest BCUT2D eigenvalue weighted by Crippen LogP contribution is 2.30. The second-order valence-electron chi connectivity index (χ2n) is 7.22. The first-order valence-corrected chi connectivity index (χ1v) is 11.7. The Balaban J connectivity index is 1.48. The summed E-state index contributed by atoms with van der Waals surface area (Å²) in [6.07, 6.45) is -0.693. The number of piperazine rings is 1. The molecule has 1 aliphatic rings. The molecule has 2 aromatic rings. The first-order valence-electron chi connectivity index (χ1n) is 10.3. The van der Waals surface area contributed by atoms with Gasteiger partial charge in [-0.2, -0.15) is 4.31 Å². The molecule has 0 unspecified atom stereocenters. The van der Waals surface area contributed by atoms with Gasteiger partial charge < -0.3 is 24.4 Å². The highest BCUT2D eigenvalue weighted by atomic mass is 32.2. The van der Waals surface area contributed by atoms with E-state index in [9.17, 15) is 18.0 Å². The average Bonchev–Trinajstić information content (AvgIpc) is 2.86. The minimum Gasteiger partial charge on any atom is -0.493 e. The van der Waals surface area contributed by atoms with Gasteiger partial charge in [-0.15, -0.1) is 0 Å². The van der Waals surface area contributed by atoms with Gasteiger partial charge in [-0.1, -0.05) is 30.3 Å². The van der Waals surface area contributed by atoms with Gasteiger partial charge in [0.05, 0.1) is 19.1 Å². The van der Waals surface area contributed by atoms with Gasteiger partial charge >= 0.3 is 6.09 Å². The van der Waals surface area contributed by atoms with E-state index in [1.54, 1.807) is 0 Å². The molecular weight excluding hydrogens is 450 g/mol. The largest absolute Gasteiger partial charge is 0.493 e. The van der Waals surface area contributed by atoms with Crippen LogP contribution in [0, 0.1) is 0 Å². The maximum Gasteiger partial charge on any atom is 0.407 e. The molecule has 1 aliphatic heterocycles. The van der Waals surface area contributed by atoms with Crippen molar-refractivity contribution < 1.29 is 32.2 Å². The van der Waals surface area contributed by atoms with Crippen LogP contribution < -0.4 is 14.8 Å². The third-order valence-electron chi connectivity index (χ3n) is 5.18. The Labute approximate surface area is 193 Å². The van der Waals surface area contributed by atoms with Crippen LogP contribution >= 0.6 is 0 Å². The molecule has 1 N–H and O–H groups in total. The van der Waals surface area contributed by atoms with E-state index in [1.165, 1.54) is 41.6 Å². The third kappa shape index (κ3) is 6.14. The maximum atomic E-state index is 13.0. The number of ether oxygens (including phenoxy) is 3. The van der Waals surface area contributed by atoms with Crippen LogP contribution in [0.3, 0.4) is 0 Å². The Morgan fingerprint density at radius 3 is 2.24 bits per heavy atom. The molecule has 0 spiro atoms. The fourth-order valence-corrected chi connectivity index (χ4v) is 4.78. The van der Waals surface area contributed by atoms with Crippen LogP contribution in [0.2, 0.25) is 0 Å². The molecule has 2 amide bonds. The Morgan fingerprint density at radius 2 is 1.61 bits per heavy atom. The first-order chi connectivity index (χ1) is 15.8. The van der Waals surface area contributed by atoms with Gasteiger partial charge in [0.1, 0.15) is 13.2 Å². The number of alkyl carbamates (subject to hydrolysis) is 1. The molecule has 0 aliphatic carbocycles. The van der Waals surface area contributed by atoms with E-state index in [0.717, 1.165) is 5.56 Å². The SMILES string of the molecule is COc1ccc(S(=O)(=O)N2CCN(C(=O)CNC(=O)OCc3ccccc3)CC2)cc1OC. The molecule has 1 heterocycles. The highest BCUT2D eigenvalue weighted by Gasteiger charge is 2.30. The standard InChI is InChI=1S/C22H27N3O7S/c1-30-19-9-8-18(14-20(19)31-2)33(28,29)25-12-10-24(11-13-25)21(26)15-23-22(27)32-16-17-6-4-3-5-7-17/h3-9,14H,10-13,15-16H2,1-2H3,(H,23,27). The summed E-state index contributed by atoms with van der Waals surface area (Å²) in [6.45, 7) is 0.587. The number of carbonyl (C=O) groups excluding carboxylic acids is 2. The Bertz CT molecular complexity index is 1070. The normalized spacial score (nSPS) is 14.4. The minimum atomic E-state index is -3.76. The van der Waals surface area contributed by atoms with Gasteiger partial charge in [0.2, 0.25) is 15.9 Å². The van der Waals surface area contributed by atoms with Gasteiger partial charge in [0.15, 0.2) is 11.5 Å². The van der Waals surface area contributed by atoms with Crippen LogP contribution in [0.1, 0.15) is 5.56 Å². The van der Waals surface area contributed by atoms with Gasteiger partial charge in [-0.25, -0.2) is 13.2 Å². The van der Waals surface area contributed by atoms with Crippen molar-refractivity contribution in [2.45, 2.75) is 11.5 Å². The van der Waals surface area contributed by atoms with Crippen LogP contribution in [-0.4, -0.2) is 76.6 Å². The summed E-state index contributed by atoms with van der Waals surface area (Å²) >= 11 is 0. The predicted molar refractivity (Wildman–Crippen MR) is 120 cm³/mol. The monoisotopic (exact) mass is 477 g/mol. The molecule has 0 bridgehead atoms. The molecule has 10 nitrogen and oxygen atoms in total. The number of benzene rings is 2. The van der Waals surface area contributed by atoms with Crippen molar-refractivity contribution in [2.75, 3.05) is 46.9 Å². The lowest BCUT2D eigenvalue weighted by Gasteiger charge is -2.34. The molecular formula is C22H27N3O7S. The summed E-state index contributed by atoms with van der Waals surface area (Å²) < 4.78 is 42.7. The zero-order valence-electron chi connectivity index (χ0n) is 18.5. The topological polar surface area (TPSA) is 114 Å². The molecule has 11 heteroatoms. The van der Waals surface area contributed by atoms with Gasteiger partial charge in [-0.3, -0.25) is 4.79 Å². The van der Waals surface area contributed by atoms with Crippen molar-refractivity contribution >= 4 is 22.0 Å². The maximum absolute atomic E-state index is 13.0. The first kappa shape index (κ1) is 24.3. The van der Waals surface area contributed by atoms with Crippen molar-refractivity contribution in [2.24, 2.45) is 0 Å². The third-order valence-corrected chi connectivity index (χ3v) is 7.08. The smallest absolute Gasteiger partial charge is 0.407 e. The molecule has 2 aromatic carbocycles. The number of nitrogens with zero attached hydrogens (tertiary/aromatic N) is 2. The van der Waals surface area contributed by atoms with Crippen LogP contribution in [-0.2, 0) is 26.2 Å². The highest BCUT2D eigenvalue weighted by molar-refractivity contribution is 7.89. The van der Waals surface area contributed by atoms with Crippen molar-refractivity contribution in [3.8, 4) is 11.5 Å². The number of nitrogens with one attached hydrogen (secondary N) is 1. The average molecular weight is 478 g/mol. The van der Waals surface area contributed by atoms with E-state index >= 15 is 0 Å². The number of sulfonamides is 1. The van der Waals surface area contributed by atoms with Crippen molar-refractivity contribution in [1.29, 1.82) is 0 Å². The molecule has 178 valence electrons. The molecule has 1 fully saturated rings. The minimum absolute atomic E-state index is 0.0859. The number of methoxy groups -OCH3 is 2. The van der Waals surface area contributed by atoms with Crippen molar-refractivity contribution in [3.63, 3.8) is 0 Å². The lowest BCUT2D eigenvalue weighted by atomic mass is 10.2. The van der Waals surface area contributed by atoms with Crippen LogP contribution in [0.25, 0.3) is 0 Å². The molecule has 3 rings (SSSR count). The number of hydrogen-bond acceptors (Lipinski definition) is 7. The lowest BCUT2D eigenvalue weighted by Crippen LogP contribution is -2.52. The fraction of sp³-hybridized carbons (Fsp3) is 0.364. The van der Waals surface area contributed by atoms with Crippen LogP contribution in [0.5, 0.6) is 11.5 Å². The second kappa shape index (κ2) is 11.0. The van der Waals surface area contributed by atoms with Gasteiger partial charge in [0.25, 0.3) is 0 Å². The van der Waals surface area contributed by atoms with E-state index in [4.69, 9.17) is 14.2 Å². The van der Waals surface area contributed by atoms with Gasteiger partial charge in [-0.05, 0) is 17.7 Å². The zero-order valence-corrected chi connectivity index (χ0v) is 19.3. The van der Waals surface area contributed by atoms with E-state index in [2.05, 4.69) is 5.32 Å². The predicted octanol–water partition coefficient (Wildman–Crippen LogP) is 1.46. The Kier molecular flexibility index (Phi) is 8.12. The lowest BCUT2D eigenvalue weighted by molar-refractivity contribution is -0.131. The fourth-order valence-electron chi connectivity index (χ4n) is 3.34. The number of hydrogen-bond donors (Lipinski definition) is 1. The Morgan fingerprint density at radius 1 is 0.939 bits per heavy atom. The molecule has 33 heavy (non-hydrogen) atoms. The van der Waals surface area contributed by atoms with Crippen molar-refractivity contribution in [1.82, 2.24) is 14.5 Å². The summed E-state index contributed by atoms with van der Waals surface area (Å²) in [7, 11) is -0.851. The molecule has 0 atom stereocenters. The van der Waals surface area contributed by atoms with E-state index in [-0.39, 0.29) is 50.1 Å². The van der Waals surface area contributed by atoms with E-state index in [0.29, 0.717) is 11.5 Å². The summed E-state index contributed by atoms with van der Waals surface area (Å²) in [5, 5.41) is 2.43. The van der Waals surface area contributed by atoms with Crippen LogP contribution in [0.4, 0.5) is 4.79 Å². The summed E-state index contributed by atoms with van der Waals surface area (Å²) in [5.41, 5.74) is 0.839. The number of rotatable bonds is 8. The van der Waals surface area contributed by atoms with E-state index in [1.807, 2.05) is 30.3 Å². The quantitative estimate of drug-likeness (QED) is 0.612. The summed E-state index contributed by atoms with van der Waals surface area (Å²) in [6, 6.07) is 13.6. The molecule has 0 aromatic heterocycles. The van der Waals surface area contributed by atoms with E-state index < -0.39 is 16.1 Å². The molecule has 1 saturated heterocycles. The number of amides is 2. The zero-order chi connectivity index (χ0) is 23.8. The van der Waals surface area contributed by atoms with Crippen molar-refractivity contribution in [3.05, 3.63) is 54.1 Å². The molecule has 0 saturated carbocycles. The van der Waals surface area contributed by atoms with Crippen LogP contribution in [0.15, 0.2) is 53.4 Å². The summed E-state index contributed by atoms with van der Waals surface area (Å²) in [5.74, 6) is 0.439. The molecule has 0 radical (unpaired) electrons. The Hall–Kier alpha value is -3.31. The van der Waals surface area contributed by atoms with Gasteiger partial charge in [0, 0.05) is 32.2 Å². The second-order valence-corrected chi connectivity index (χ2v) is 9.15. The summed E-state index contributed by atoms with van der Waals surface area (Å²) in [4.78, 5) is 25.8. The number of carbonyl (C=O) groups is 2.